The normalized spacial score (nSPS) is 10.0. The maximum Gasteiger partial charge on any atom is 0.255 e. The molecule has 0 spiro atoms. The average molecular weight is 286 g/mol. The average Bonchev–Trinajstić information content (AvgIpc) is 2.43. The van der Waals surface area contributed by atoms with Crippen LogP contribution in [0.2, 0.25) is 0 Å². The SMILES string of the molecule is CC(=O)Nc1ccc(NC(=O)c2ccc(F)c(C)c2)cc1. The summed E-state index contributed by atoms with van der Waals surface area (Å²) in [5.41, 5.74) is 2.05. The number of aryl methyl sites for hydroxylation is 1. The van der Waals surface area contributed by atoms with Crippen molar-refractivity contribution in [3.63, 3.8) is 0 Å². The van der Waals surface area contributed by atoms with Gasteiger partial charge in [-0.3, -0.25) is 9.59 Å². The molecule has 0 atom stereocenters. The fourth-order valence-electron chi connectivity index (χ4n) is 1.83. The zero-order valence-corrected chi connectivity index (χ0v) is 11.7. The molecule has 2 aromatic carbocycles. The fourth-order valence-corrected chi connectivity index (χ4v) is 1.83. The van der Waals surface area contributed by atoms with Crippen molar-refractivity contribution in [2.45, 2.75) is 13.8 Å². The second-order valence-corrected chi connectivity index (χ2v) is 4.68. The lowest BCUT2D eigenvalue weighted by molar-refractivity contribution is -0.114. The summed E-state index contributed by atoms with van der Waals surface area (Å²) >= 11 is 0. The summed E-state index contributed by atoms with van der Waals surface area (Å²) in [6.45, 7) is 3.03. The number of carbonyl (C=O) groups is 2. The third-order valence-corrected chi connectivity index (χ3v) is 2.88. The molecule has 0 radical (unpaired) electrons. The van der Waals surface area contributed by atoms with Crippen LogP contribution in [0.25, 0.3) is 0 Å². The van der Waals surface area contributed by atoms with Crippen LogP contribution in [0.5, 0.6) is 0 Å². The number of hydrogen-bond donors (Lipinski definition) is 2. The van der Waals surface area contributed by atoms with E-state index in [1.54, 1.807) is 31.2 Å². The molecule has 2 rings (SSSR count). The topological polar surface area (TPSA) is 58.2 Å². The predicted octanol–water partition coefficient (Wildman–Crippen LogP) is 3.34. The van der Waals surface area contributed by atoms with Crippen LogP contribution in [-0.4, -0.2) is 11.8 Å². The molecular formula is C16H15FN2O2. The fraction of sp³-hybridized carbons (Fsp3) is 0.125. The second-order valence-electron chi connectivity index (χ2n) is 4.68. The quantitative estimate of drug-likeness (QED) is 0.909. The Kier molecular flexibility index (Phi) is 4.33. The van der Waals surface area contributed by atoms with Gasteiger partial charge in [0.1, 0.15) is 5.82 Å². The van der Waals surface area contributed by atoms with Crippen LogP contribution in [0.1, 0.15) is 22.8 Å². The Bertz CT molecular complexity index is 681. The van der Waals surface area contributed by atoms with Crippen LogP contribution in [0, 0.1) is 12.7 Å². The van der Waals surface area contributed by atoms with Gasteiger partial charge in [0.25, 0.3) is 5.91 Å². The lowest BCUT2D eigenvalue weighted by atomic mass is 10.1. The molecule has 2 amide bonds. The molecule has 0 saturated heterocycles. The molecule has 0 unspecified atom stereocenters. The molecule has 0 saturated carbocycles. The molecule has 4 nitrogen and oxygen atoms in total. The van der Waals surface area contributed by atoms with Crippen LogP contribution in [-0.2, 0) is 4.79 Å². The van der Waals surface area contributed by atoms with E-state index >= 15 is 0 Å². The van der Waals surface area contributed by atoms with E-state index in [9.17, 15) is 14.0 Å². The molecular weight excluding hydrogens is 271 g/mol. The van der Waals surface area contributed by atoms with E-state index in [4.69, 9.17) is 0 Å². The van der Waals surface area contributed by atoms with E-state index in [1.165, 1.54) is 25.1 Å². The minimum atomic E-state index is -0.341. The Hall–Kier alpha value is -2.69. The number of rotatable bonds is 3. The summed E-state index contributed by atoms with van der Waals surface area (Å²) < 4.78 is 13.2. The van der Waals surface area contributed by atoms with E-state index in [2.05, 4.69) is 10.6 Å². The molecule has 108 valence electrons. The number of hydrogen-bond acceptors (Lipinski definition) is 2. The largest absolute Gasteiger partial charge is 0.326 e. The van der Waals surface area contributed by atoms with Gasteiger partial charge < -0.3 is 10.6 Å². The van der Waals surface area contributed by atoms with E-state index in [0.29, 0.717) is 22.5 Å². The highest BCUT2D eigenvalue weighted by molar-refractivity contribution is 6.04. The van der Waals surface area contributed by atoms with E-state index in [1.807, 2.05) is 0 Å². The van der Waals surface area contributed by atoms with Crippen molar-refractivity contribution >= 4 is 23.2 Å². The van der Waals surface area contributed by atoms with Crippen LogP contribution >= 0.6 is 0 Å². The van der Waals surface area contributed by atoms with Gasteiger partial charge in [-0.1, -0.05) is 0 Å². The molecule has 0 aliphatic rings. The van der Waals surface area contributed by atoms with Crippen molar-refractivity contribution in [3.8, 4) is 0 Å². The molecule has 0 aromatic heterocycles. The maximum atomic E-state index is 13.2. The van der Waals surface area contributed by atoms with Gasteiger partial charge in [0, 0.05) is 23.9 Å². The summed E-state index contributed by atoms with van der Waals surface area (Å²) in [4.78, 5) is 22.9. The number of anilines is 2. The molecule has 0 heterocycles. The van der Waals surface area contributed by atoms with Gasteiger partial charge in [-0.15, -0.1) is 0 Å². The Balaban J connectivity index is 2.08. The molecule has 21 heavy (non-hydrogen) atoms. The zero-order valence-electron chi connectivity index (χ0n) is 11.7. The monoisotopic (exact) mass is 286 g/mol. The first kappa shape index (κ1) is 14.7. The third kappa shape index (κ3) is 3.89. The molecule has 2 aromatic rings. The van der Waals surface area contributed by atoms with Crippen molar-refractivity contribution in [3.05, 3.63) is 59.4 Å². The molecule has 0 fully saturated rings. The molecule has 5 heteroatoms. The first-order chi connectivity index (χ1) is 9.95. The highest BCUT2D eigenvalue weighted by Gasteiger charge is 2.08. The van der Waals surface area contributed by atoms with Gasteiger partial charge in [0.05, 0.1) is 0 Å². The molecule has 2 N–H and O–H groups in total. The van der Waals surface area contributed by atoms with Gasteiger partial charge in [0.2, 0.25) is 5.91 Å². The molecule has 0 aliphatic heterocycles. The zero-order chi connectivity index (χ0) is 15.4. The van der Waals surface area contributed by atoms with Gasteiger partial charge in [-0.25, -0.2) is 4.39 Å². The maximum absolute atomic E-state index is 13.2. The Morgan fingerprint density at radius 1 is 0.952 bits per heavy atom. The number of carbonyl (C=O) groups excluding carboxylic acids is 2. The lowest BCUT2D eigenvalue weighted by Crippen LogP contribution is -2.12. The summed E-state index contributed by atoms with van der Waals surface area (Å²) in [5.74, 6) is -0.815. The third-order valence-electron chi connectivity index (χ3n) is 2.88. The minimum absolute atomic E-state index is 0.159. The Morgan fingerprint density at radius 2 is 1.52 bits per heavy atom. The van der Waals surface area contributed by atoms with Crippen molar-refractivity contribution < 1.29 is 14.0 Å². The van der Waals surface area contributed by atoms with E-state index in [-0.39, 0.29) is 17.6 Å². The Labute approximate surface area is 122 Å². The van der Waals surface area contributed by atoms with E-state index in [0.717, 1.165) is 0 Å². The first-order valence-electron chi connectivity index (χ1n) is 6.41. The van der Waals surface area contributed by atoms with Crippen molar-refractivity contribution in [1.29, 1.82) is 0 Å². The predicted molar refractivity (Wildman–Crippen MR) is 79.8 cm³/mol. The molecule has 0 aliphatic carbocycles. The van der Waals surface area contributed by atoms with Gasteiger partial charge >= 0.3 is 0 Å². The first-order valence-corrected chi connectivity index (χ1v) is 6.41. The van der Waals surface area contributed by atoms with Crippen molar-refractivity contribution in [2.24, 2.45) is 0 Å². The highest BCUT2D eigenvalue weighted by Crippen LogP contribution is 2.15. The van der Waals surface area contributed by atoms with E-state index < -0.39 is 0 Å². The van der Waals surface area contributed by atoms with Crippen LogP contribution in [0.4, 0.5) is 15.8 Å². The summed E-state index contributed by atoms with van der Waals surface area (Å²) in [6.07, 6.45) is 0. The summed E-state index contributed by atoms with van der Waals surface area (Å²) in [5, 5.41) is 5.35. The number of benzene rings is 2. The van der Waals surface area contributed by atoms with Crippen LogP contribution in [0.15, 0.2) is 42.5 Å². The second kappa shape index (κ2) is 6.17. The van der Waals surface area contributed by atoms with Gasteiger partial charge in [-0.05, 0) is 55.0 Å². The highest BCUT2D eigenvalue weighted by atomic mass is 19.1. The lowest BCUT2D eigenvalue weighted by Gasteiger charge is -2.08. The van der Waals surface area contributed by atoms with Crippen LogP contribution in [0.3, 0.4) is 0 Å². The number of halogens is 1. The van der Waals surface area contributed by atoms with Crippen LogP contribution < -0.4 is 10.6 Å². The van der Waals surface area contributed by atoms with Gasteiger partial charge in [0.15, 0.2) is 0 Å². The summed E-state index contributed by atoms with van der Waals surface area (Å²) in [7, 11) is 0. The van der Waals surface area contributed by atoms with Crippen molar-refractivity contribution in [2.75, 3.05) is 10.6 Å². The standard InChI is InChI=1S/C16H15FN2O2/c1-10-9-12(3-8-15(10)17)16(21)19-14-6-4-13(5-7-14)18-11(2)20/h3-9H,1-2H3,(H,18,20)(H,19,21). The molecule has 0 bridgehead atoms. The number of nitrogens with one attached hydrogen (secondary N) is 2. The minimum Gasteiger partial charge on any atom is -0.326 e. The number of amides is 2. The summed E-state index contributed by atoms with van der Waals surface area (Å²) in [6, 6.07) is 10.9. The Morgan fingerprint density at radius 3 is 2.05 bits per heavy atom. The smallest absolute Gasteiger partial charge is 0.255 e. The van der Waals surface area contributed by atoms with Crippen molar-refractivity contribution in [1.82, 2.24) is 0 Å². The van der Waals surface area contributed by atoms with Gasteiger partial charge in [-0.2, -0.15) is 0 Å².